The minimum absolute atomic E-state index is 0.100. The molecule has 2 atom stereocenters. The molecule has 0 radical (unpaired) electrons. The second-order valence-electron chi connectivity index (χ2n) is 15.2. The van der Waals surface area contributed by atoms with Gasteiger partial charge in [0.05, 0.1) is 22.6 Å². The van der Waals surface area contributed by atoms with Crippen LogP contribution in [0.15, 0.2) is 84.0 Å². The molecule has 292 valence electrons. The predicted octanol–water partition coefficient (Wildman–Crippen LogP) is 5.02. The van der Waals surface area contributed by atoms with Crippen molar-refractivity contribution in [2.45, 2.75) is 49.1 Å². The van der Waals surface area contributed by atoms with Crippen LogP contribution in [0, 0.1) is 5.92 Å². The Hall–Kier alpha value is -5.64. The van der Waals surface area contributed by atoms with E-state index in [4.69, 9.17) is 15.6 Å². The normalized spacial score (nSPS) is 20.7. The number of thioether (sulfide) groups is 1. The van der Waals surface area contributed by atoms with Crippen molar-refractivity contribution in [1.29, 1.82) is 0 Å². The number of para-hydroxylation sites is 1. The van der Waals surface area contributed by atoms with Gasteiger partial charge in [-0.3, -0.25) is 29.4 Å². The number of hydrogen-bond donors (Lipinski definition) is 2. The largest absolute Gasteiger partial charge is 0.457 e. The van der Waals surface area contributed by atoms with Gasteiger partial charge in [-0.25, -0.2) is 14.6 Å². The monoisotopic (exact) mass is 785 g/mol. The molecule has 0 bridgehead atoms. The van der Waals surface area contributed by atoms with E-state index in [1.54, 1.807) is 23.9 Å². The second kappa shape index (κ2) is 15.7. The SMILES string of the molecule is Nc1ncnc2c1c(-c1ccc(Oc3ccccc3)cc1)nn2C1CCN(CCN2CCC(CSc3ccc4c(c3)C(=O)N(C3CCC(=O)NC3=O)C4=O)C2)CC1. The van der Waals surface area contributed by atoms with Crippen molar-refractivity contribution in [3.05, 3.63) is 90.3 Å². The van der Waals surface area contributed by atoms with Crippen LogP contribution in [-0.2, 0) is 9.59 Å². The lowest BCUT2D eigenvalue weighted by atomic mass is 10.0. The average Bonchev–Trinajstić information content (AvgIpc) is 3.92. The predicted molar refractivity (Wildman–Crippen MR) is 215 cm³/mol. The van der Waals surface area contributed by atoms with Crippen LogP contribution in [0.4, 0.5) is 5.82 Å². The smallest absolute Gasteiger partial charge is 0.262 e. The number of nitrogen functional groups attached to an aromatic ring is 1. The van der Waals surface area contributed by atoms with Crippen molar-refractivity contribution >= 4 is 52.2 Å². The van der Waals surface area contributed by atoms with Crippen molar-refractivity contribution in [3.8, 4) is 22.8 Å². The fourth-order valence-corrected chi connectivity index (χ4v) is 9.50. The van der Waals surface area contributed by atoms with Crippen LogP contribution < -0.4 is 15.8 Å². The van der Waals surface area contributed by atoms with E-state index in [1.807, 2.05) is 60.7 Å². The number of likely N-dealkylation sites (tertiary alicyclic amines) is 2. The maximum absolute atomic E-state index is 13.3. The zero-order valence-electron chi connectivity index (χ0n) is 31.4. The molecule has 4 aliphatic rings. The Morgan fingerprint density at radius 2 is 1.54 bits per heavy atom. The van der Waals surface area contributed by atoms with E-state index in [0.29, 0.717) is 22.9 Å². The number of nitrogens with one attached hydrogen (secondary N) is 1. The zero-order chi connectivity index (χ0) is 39.0. The van der Waals surface area contributed by atoms with Crippen molar-refractivity contribution < 1.29 is 23.9 Å². The molecule has 3 aromatic carbocycles. The Morgan fingerprint density at radius 3 is 2.33 bits per heavy atom. The van der Waals surface area contributed by atoms with Crippen LogP contribution in [0.5, 0.6) is 11.5 Å². The fourth-order valence-electron chi connectivity index (χ4n) is 8.43. The first-order chi connectivity index (χ1) is 27.8. The van der Waals surface area contributed by atoms with Crippen LogP contribution in [0.2, 0.25) is 0 Å². The summed E-state index contributed by atoms with van der Waals surface area (Å²) in [5.41, 5.74) is 9.52. The summed E-state index contributed by atoms with van der Waals surface area (Å²) in [6, 6.07) is 22.2. The lowest BCUT2D eigenvalue weighted by Gasteiger charge is -2.33. The van der Waals surface area contributed by atoms with Gasteiger partial charge in [0.1, 0.15) is 35.4 Å². The van der Waals surface area contributed by atoms with E-state index in [2.05, 4.69) is 29.8 Å². The number of fused-ring (bicyclic) bond motifs is 2. The molecule has 57 heavy (non-hydrogen) atoms. The second-order valence-corrected chi connectivity index (χ2v) is 16.3. The molecule has 0 saturated carbocycles. The number of imide groups is 2. The molecule has 6 heterocycles. The molecule has 2 aromatic heterocycles. The quantitative estimate of drug-likeness (QED) is 0.136. The minimum atomic E-state index is -0.960. The Balaban J connectivity index is 0.760. The Labute approximate surface area is 333 Å². The van der Waals surface area contributed by atoms with Crippen LogP contribution in [-0.4, -0.2) is 109 Å². The number of carbonyl (C=O) groups is 4. The molecule has 4 amide bonds. The third-order valence-corrected chi connectivity index (χ3v) is 12.8. The number of carbonyl (C=O) groups excluding carboxylic acids is 4. The van der Waals surface area contributed by atoms with Gasteiger partial charge in [-0.2, -0.15) is 5.10 Å². The molecule has 2 unspecified atom stereocenters. The number of nitrogens with two attached hydrogens (primary N) is 1. The standard InChI is InChI=1S/C42H43N9O5S/c43-38-36-37(27-6-8-30(9-7-27)56-29-4-2-1-3-5-29)47-51(39(36)45-25-44-38)28-15-18-48(19-16-28)20-21-49-17-14-26(23-49)24-57-31-10-11-32-33(22-31)42(55)50(41(32)54)34-12-13-35(52)46-40(34)53/h1-11,22,25-26,28,34H,12-21,23-24H2,(H2,43,44,45)(H,46,52,53). The molecule has 5 aromatic rings. The minimum Gasteiger partial charge on any atom is -0.457 e. The summed E-state index contributed by atoms with van der Waals surface area (Å²) in [5, 5.41) is 8.12. The third-order valence-electron chi connectivity index (χ3n) is 11.5. The number of nitrogens with zero attached hydrogens (tertiary/aromatic N) is 7. The van der Waals surface area contributed by atoms with Gasteiger partial charge < -0.3 is 20.3 Å². The van der Waals surface area contributed by atoms with Crippen molar-refractivity contribution in [3.63, 3.8) is 0 Å². The van der Waals surface area contributed by atoms with Gasteiger partial charge in [0.25, 0.3) is 11.8 Å². The van der Waals surface area contributed by atoms with Gasteiger partial charge in [-0.05, 0) is 92.7 Å². The molecule has 4 aliphatic heterocycles. The van der Waals surface area contributed by atoms with E-state index in [9.17, 15) is 19.2 Å². The first-order valence-electron chi connectivity index (χ1n) is 19.5. The molecule has 3 fully saturated rings. The maximum Gasteiger partial charge on any atom is 0.262 e. The van der Waals surface area contributed by atoms with Crippen LogP contribution in [0.25, 0.3) is 22.3 Å². The summed E-state index contributed by atoms with van der Waals surface area (Å²) in [6.07, 6.45) is 4.80. The first kappa shape index (κ1) is 37.0. The fraction of sp³-hybridized carbons (Fsp3) is 0.357. The maximum atomic E-state index is 13.3. The van der Waals surface area contributed by atoms with Crippen molar-refractivity contribution in [2.75, 3.05) is 50.8 Å². The van der Waals surface area contributed by atoms with Crippen molar-refractivity contribution in [2.24, 2.45) is 5.92 Å². The zero-order valence-corrected chi connectivity index (χ0v) is 32.2. The third kappa shape index (κ3) is 7.49. The highest BCUT2D eigenvalue weighted by molar-refractivity contribution is 7.99. The number of amides is 4. The van der Waals surface area contributed by atoms with E-state index >= 15 is 0 Å². The molecular formula is C42H43N9O5S. The highest BCUT2D eigenvalue weighted by Gasteiger charge is 2.44. The van der Waals surface area contributed by atoms with Crippen LogP contribution >= 0.6 is 11.8 Å². The van der Waals surface area contributed by atoms with E-state index in [0.717, 1.165) is 108 Å². The van der Waals surface area contributed by atoms with E-state index in [-0.39, 0.29) is 24.8 Å². The summed E-state index contributed by atoms with van der Waals surface area (Å²) in [7, 11) is 0. The number of piperidine rings is 2. The highest BCUT2D eigenvalue weighted by Crippen LogP contribution is 2.36. The molecule has 9 rings (SSSR count). The van der Waals surface area contributed by atoms with Gasteiger partial charge in [-0.15, -0.1) is 11.8 Å². The lowest BCUT2D eigenvalue weighted by molar-refractivity contribution is -0.136. The van der Waals surface area contributed by atoms with Gasteiger partial charge >= 0.3 is 0 Å². The summed E-state index contributed by atoms with van der Waals surface area (Å²) < 4.78 is 8.05. The topological polar surface area (TPSA) is 169 Å². The molecule has 14 nitrogen and oxygen atoms in total. The lowest BCUT2D eigenvalue weighted by Crippen LogP contribution is -2.54. The summed E-state index contributed by atoms with van der Waals surface area (Å²) in [5.74, 6) is 1.44. The summed E-state index contributed by atoms with van der Waals surface area (Å²) >= 11 is 1.70. The number of ether oxygens (including phenoxy) is 1. The Bertz CT molecular complexity index is 2350. The average molecular weight is 786 g/mol. The van der Waals surface area contributed by atoms with Crippen LogP contribution in [0.3, 0.4) is 0 Å². The van der Waals surface area contributed by atoms with Gasteiger partial charge in [0.15, 0.2) is 5.65 Å². The van der Waals surface area contributed by atoms with Gasteiger partial charge in [0.2, 0.25) is 11.8 Å². The first-order valence-corrected chi connectivity index (χ1v) is 20.5. The molecular weight excluding hydrogens is 743 g/mol. The van der Waals surface area contributed by atoms with Gasteiger partial charge in [0, 0.05) is 55.4 Å². The molecule has 0 aliphatic carbocycles. The Kier molecular flexibility index (Phi) is 10.2. The molecule has 3 N–H and O–H groups in total. The molecule has 0 spiro atoms. The number of rotatable bonds is 11. The number of anilines is 1. The summed E-state index contributed by atoms with van der Waals surface area (Å²) in [4.78, 5) is 66.3. The van der Waals surface area contributed by atoms with Crippen molar-refractivity contribution in [1.82, 2.24) is 39.8 Å². The van der Waals surface area contributed by atoms with Crippen LogP contribution in [0.1, 0.15) is 58.9 Å². The molecule has 3 saturated heterocycles. The number of aromatic nitrogens is 4. The highest BCUT2D eigenvalue weighted by atomic mass is 32.2. The Morgan fingerprint density at radius 1 is 0.807 bits per heavy atom. The number of benzene rings is 3. The van der Waals surface area contributed by atoms with E-state index < -0.39 is 23.8 Å². The number of hydrogen-bond acceptors (Lipinski definition) is 12. The van der Waals surface area contributed by atoms with Gasteiger partial charge in [-0.1, -0.05) is 18.2 Å². The van der Waals surface area contributed by atoms with E-state index in [1.165, 1.54) is 6.33 Å². The molecule has 15 heteroatoms. The summed E-state index contributed by atoms with van der Waals surface area (Å²) in [6.45, 7) is 6.05.